The van der Waals surface area contributed by atoms with E-state index in [1.807, 2.05) is 6.92 Å². The van der Waals surface area contributed by atoms with Crippen molar-refractivity contribution in [1.29, 1.82) is 0 Å². The molecule has 1 saturated carbocycles. The van der Waals surface area contributed by atoms with Gasteiger partial charge in [-0.25, -0.2) is 0 Å². The molecule has 1 aliphatic carbocycles. The monoisotopic (exact) mass is 369 g/mol. The molecule has 0 aromatic heterocycles. The fourth-order valence-electron chi connectivity index (χ4n) is 1.71. The van der Waals surface area contributed by atoms with Crippen molar-refractivity contribution in [3.63, 3.8) is 0 Å². The summed E-state index contributed by atoms with van der Waals surface area (Å²) in [4.78, 5) is 4.55. The number of halogens is 1. The topological polar surface area (TPSA) is 45.7 Å². The molecule has 18 heavy (non-hydrogen) atoms. The quantitative estimate of drug-likeness (QED) is 0.284. The lowest BCUT2D eigenvalue weighted by Gasteiger charge is -2.11. The standard InChI is InChI=1S/C13H27N3O.HI/c1-3-14-13(16-10-11-17-4-2)15-9-5-6-12-7-8-12;/h12H,3-11H2,1-2H3,(H2,14,15,16);1H. The zero-order chi connectivity index (χ0) is 12.3. The van der Waals surface area contributed by atoms with Crippen LogP contribution in [0, 0.1) is 5.92 Å². The second-order valence-corrected chi connectivity index (χ2v) is 4.47. The number of hydrogen-bond donors (Lipinski definition) is 2. The summed E-state index contributed by atoms with van der Waals surface area (Å²) >= 11 is 0. The first-order valence-corrected chi connectivity index (χ1v) is 6.96. The normalized spacial score (nSPS) is 15.1. The van der Waals surface area contributed by atoms with Gasteiger partial charge in [0.1, 0.15) is 0 Å². The van der Waals surface area contributed by atoms with Gasteiger partial charge in [0, 0.05) is 26.2 Å². The van der Waals surface area contributed by atoms with Crippen molar-refractivity contribution in [3.8, 4) is 0 Å². The van der Waals surface area contributed by atoms with Crippen molar-refractivity contribution < 1.29 is 4.74 Å². The van der Waals surface area contributed by atoms with Gasteiger partial charge in [-0.3, -0.25) is 4.99 Å². The molecule has 2 N–H and O–H groups in total. The van der Waals surface area contributed by atoms with Crippen LogP contribution in [0.25, 0.3) is 0 Å². The molecule has 0 aromatic rings. The maximum atomic E-state index is 5.28. The number of guanidine groups is 1. The van der Waals surface area contributed by atoms with Gasteiger partial charge < -0.3 is 15.4 Å². The Hall–Kier alpha value is -0.0400. The molecule has 0 atom stereocenters. The molecular formula is C13H28IN3O. The molecule has 0 radical (unpaired) electrons. The summed E-state index contributed by atoms with van der Waals surface area (Å²) in [5.41, 5.74) is 0. The number of nitrogens with one attached hydrogen (secondary N) is 2. The summed E-state index contributed by atoms with van der Waals surface area (Å²) in [5.74, 6) is 1.93. The van der Waals surface area contributed by atoms with E-state index < -0.39 is 0 Å². The van der Waals surface area contributed by atoms with Crippen molar-refractivity contribution in [2.24, 2.45) is 10.9 Å². The molecule has 0 aromatic carbocycles. The number of ether oxygens (including phenoxy) is 1. The van der Waals surface area contributed by atoms with Crippen LogP contribution >= 0.6 is 24.0 Å². The summed E-state index contributed by atoms with van der Waals surface area (Å²) in [6, 6.07) is 0. The maximum Gasteiger partial charge on any atom is 0.191 e. The minimum absolute atomic E-state index is 0. The summed E-state index contributed by atoms with van der Waals surface area (Å²) in [5, 5.41) is 6.52. The predicted molar refractivity (Wildman–Crippen MR) is 87.8 cm³/mol. The summed E-state index contributed by atoms with van der Waals surface area (Å²) in [6.07, 6.45) is 5.45. The van der Waals surface area contributed by atoms with Gasteiger partial charge in [-0.15, -0.1) is 24.0 Å². The molecule has 0 spiro atoms. The highest BCUT2D eigenvalue weighted by Gasteiger charge is 2.19. The lowest BCUT2D eigenvalue weighted by atomic mass is 10.2. The summed E-state index contributed by atoms with van der Waals surface area (Å²) in [7, 11) is 0. The second kappa shape index (κ2) is 12.0. The first-order chi connectivity index (χ1) is 8.36. The smallest absolute Gasteiger partial charge is 0.191 e. The third kappa shape index (κ3) is 9.94. The van der Waals surface area contributed by atoms with Crippen molar-refractivity contribution in [2.75, 3.05) is 32.8 Å². The van der Waals surface area contributed by atoms with Crippen LogP contribution in [0.3, 0.4) is 0 Å². The van der Waals surface area contributed by atoms with Crippen molar-refractivity contribution in [1.82, 2.24) is 10.6 Å². The van der Waals surface area contributed by atoms with E-state index in [2.05, 4.69) is 22.5 Å². The van der Waals surface area contributed by atoms with E-state index >= 15 is 0 Å². The van der Waals surface area contributed by atoms with Crippen LogP contribution in [0.2, 0.25) is 0 Å². The highest BCUT2D eigenvalue weighted by molar-refractivity contribution is 14.0. The van der Waals surface area contributed by atoms with Gasteiger partial charge in [0.25, 0.3) is 0 Å². The molecule has 1 rings (SSSR count). The zero-order valence-electron chi connectivity index (χ0n) is 11.7. The van der Waals surface area contributed by atoms with Crippen LogP contribution in [0.1, 0.15) is 39.5 Å². The number of rotatable bonds is 9. The minimum atomic E-state index is 0. The van der Waals surface area contributed by atoms with Gasteiger partial charge in [0.05, 0.1) is 6.61 Å². The Morgan fingerprint density at radius 1 is 1.28 bits per heavy atom. The number of aliphatic imine (C=N–C) groups is 1. The number of nitrogens with zero attached hydrogens (tertiary/aromatic N) is 1. The van der Waals surface area contributed by atoms with Crippen LogP contribution in [-0.4, -0.2) is 38.8 Å². The molecule has 0 unspecified atom stereocenters. The van der Waals surface area contributed by atoms with Crippen molar-refractivity contribution in [3.05, 3.63) is 0 Å². The third-order valence-corrected chi connectivity index (χ3v) is 2.82. The Balaban J connectivity index is 0.00000289. The van der Waals surface area contributed by atoms with E-state index in [1.165, 1.54) is 25.7 Å². The first-order valence-electron chi connectivity index (χ1n) is 6.96. The maximum absolute atomic E-state index is 5.28. The molecule has 1 aliphatic rings. The van der Waals surface area contributed by atoms with Gasteiger partial charge >= 0.3 is 0 Å². The molecule has 0 bridgehead atoms. The molecule has 0 amide bonds. The van der Waals surface area contributed by atoms with E-state index in [0.717, 1.165) is 44.7 Å². The molecular weight excluding hydrogens is 341 g/mol. The van der Waals surface area contributed by atoms with Gasteiger partial charge in [0.2, 0.25) is 0 Å². The Morgan fingerprint density at radius 2 is 2.06 bits per heavy atom. The Kier molecular flexibility index (Phi) is 12.0. The van der Waals surface area contributed by atoms with E-state index in [1.54, 1.807) is 0 Å². The van der Waals surface area contributed by atoms with Gasteiger partial charge in [-0.2, -0.15) is 0 Å². The Bertz CT molecular complexity index is 220. The SMILES string of the molecule is CCNC(=NCCCC1CC1)NCCOCC.I. The zero-order valence-corrected chi connectivity index (χ0v) is 14.0. The highest BCUT2D eigenvalue weighted by Crippen LogP contribution is 2.33. The fourth-order valence-corrected chi connectivity index (χ4v) is 1.71. The van der Waals surface area contributed by atoms with Gasteiger partial charge in [0.15, 0.2) is 5.96 Å². The average molecular weight is 369 g/mol. The fraction of sp³-hybridized carbons (Fsp3) is 0.923. The van der Waals surface area contributed by atoms with Gasteiger partial charge in [-0.1, -0.05) is 12.8 Å². The van der Waals surface area contributed by atoms with Crippen LogP contribution < -0.4 is 10.6 Å². The van der Waals surface area contributed by atoms with Crippen LogP contribution in [-0.2, 0) is 4.74 Å². The molecule has 4 nitrogen and oxygen atoms in total. The van der Waals surface area contributed by atoms with E-state index in [9.17, 15) is 0 Å². The highest BCUT2D eigenvalue weighted by atomic mass is 127. The first kappa shape index (κ1) is 18.0. The van der Waals surface area contributed by atoms with E-state index in [0.29, 0.717) is 0 Å². The molecule has 0 saturated heterocycles. The summed E-state index contributed by atoms with van der Waals surface area (Å²) in [6.45, 7) is 8.27. The Labute approximate surface area is 128 Å². The average Bonchev–Trinajstić information content (AvgIpc) is 3.14. The number of hydrogen-bond acceptors (Lipinski definition) is 2. The second-order valence-electron chi connectivity index (χ2n) is 4.47. The molecule has 108 valence electrons. The third-order valence-electron chi connectivity index (χ3n) is 2.82. The lowest BCUT2D eigenvalue weighted by molar-refractivity contribution is 0.152. The van der Waals surface area contributed by atoms with Crippen LogP contribution in [0.15, 0.2) is 4.99 Å². The van der Waals surface area contributed by atoms with E-state index in [-0.39, 0.29) is 24.0 Å². The van der Waals surface area contributed by atoms with Crippen LogP contribution in [0.5, 0.6) is 0 Å². The minimum Gasteiger partial charge on any atom is -0.380 e. The molecule has 5 heteroatoms. The van der Waals surface area contributed by atoms with Crippen molar-refractivity contribution >= 4 is 29.9 Å². The lowest BCUT2D eigenvalue weighted by Crippen LogP contribution is -2.39. The van der Waals surface area contributed by atoms with Crippen LogP contribution in [0.4, 0.5) is 0 Å². The van der Waals surface area contributed by atoms with Crippen molar-refractivity contribution in [2.45, 2.75) is 39.5 Å². The molecule has 0 heterocycles. The molecule has 0 aliphatic heterocycles. The van der Waals surface area contributed by atoms with E-state index in [4.69, 9.17) is 4.74 Å². The van der Waals surface area contributed by atoms with Gasteiger partial charge in [-0.05, 0) is 32.6 Å². The summed E-state index contributed by atoms with van der Waals surface area (Å²) < 4.78 is 5.28. The molecule has 1 fully saturated rings. The Morgan fingerprint density at radius 3 is 2.67 bits per heavy atom. The predicted octanol–water partition coefficient (Wildman–Crippen LogP) is 2.39. The largest absolute Gasteiger partial charge is 0.380 e.